The molecule has 0 spiro atoms. The Morgan fingerprint density at radius 3 is 2.75 bits per heavy atom. The molecule has 0 aliphatic rings. The summed E-state index contributed by atoms with van der Waals surface area (Å²) in [7, 11) is 0. The minimum atomic E-state index is -0.517. The Balaban J connectivity index is 1.90. The average molecular weight is 457 g/mol. The molecule has 0 aliphatic heterocycles. The third-order valence-electron chi connectivity index (χ3n) is 2.78. The fourth-order valence-corrected chi connectivity index (χ4v) is 2.87. The number of benzene rings is 2. The molecule has 24 heavy (non-hydrogen) atoms. The number of halogens is 2. The van der Waals surface area contributed by atoms with Crippen molar-refractivity contribution in [1.29, 1.82) is 0 Å². The molecule has 0 aliphatic carbocycles. The first-order valence-corrected chi connectivity index (χ1v) is 8.19. The van der Waals surface area contributed by atoms with Crippen LogP contribution in [0.25, 0.3) is 0 Å². The smallest absolute Gasteiger partial charge is 0.278 e. The zero-order valence-corrected chi connectivity index (χ0v) is 15.3. The lowest BCUT2D eigenvalue weighted by Gasteiger charge is -2.07. The van der Waals surface area contributed by atoms with Gasteiger partial charge in [0.15, 0.2) is 6.61 Å². The summed E-state index contributed by atoms with van der Waals surface area (Å²) in [5, 5.41) is 14.6. The molecule has 7 nitrogen and oxygen atoms in total. The van der Waals surface area contributed by atoms with Crippen molar-refractivity contribution < 1.29 is 14.5 Å². The van der Waals surface area contributed by atoms with Gasteiger partial charge in [-0.2, -0.15) is 5.10 Å². The van der Waals surface area contributed by atoms with E-state index in [1.165, 1.54) is 18.3 Å². The topological polar surface area (TPSA) is 93.8 Å². The Morgan fingerprint density at radius 1 is 1.29 bits per heavy atom. The summed E-state index contributed by atoms with van der Waals surface area (Å²) in [6.45, 7) is -0.242. The first-order chi connectivity index (χ1) is 11.5. The summed E-state index contributed by atoms with van der Waals surface area (Å²) in [4.78, 5) is 22.0. The molecule has 0 saturated heterocycles. The molecule has 2 rings (SSSR count). The number of ether oxygens (including phenoxy) is 1. The first-order valence-electron chi connectivity index (χ1n) is 6.60. The van der Waals surface area contributed by atoms with Gasteiger partial charge in [-0.3, -0.25) is 14.9 Å². The lowest BCUT2D eigenvalue weighted by Crippen LogP contribution is -2.24. The molecule has 0 saturated carbocycles. The maximum absolute atomic E-state index is 11.7. The van der Waals surface area contributed by atoms with E-state index >= 15 is 0 Å². The number of nitrogens with one attached hydrogen (secondary N) is 1. The van der Waals surface area contributed by atoms with Gasteiger partial charge in [-0.25, -0.2) is 5.43 Å². The van der Waals surface area contributed by atoms with Crippen molar-refractivity contribution in [3.05, 3.63) is 67.1 Å². The minimum absolute atomic E-state index is 0.0921. The minimum Gasteiger partial charge on any atom is -0.483 e. The number of nitro groups is 1. The van der Waals surface area contributed by atoms with E-state index in [4.69, 9.17) is 4.74 Å². The molecule has 0 fully saturated rings. The van der Waals surface area contributed by atoms with E-state index in [2.05, 4.69) is 42.4 Å². The fraction of sp³-hybridized carbons (Fsp3) is 0.0667. The Morgan fingerprint density at radius 2 is 2.04 bits per heavy atom. The molecular weight excluding hydrogens is 446 g/mol. The predicted octanol–water partition coefficient (Wildman–Crippen LogP) is 3.65. The van der Waals surface area contributed by atoms with Gasteiger partial charge in [0, 0.05) is 10.5 Å². The number of nitrogens with zero attached hydrogens (tertiary/aromatic N) is 2. The Bertz CT molecular complexity index is 796. The highest BCUT2D eigenvalue weighted by atomic mass is 79.9. The van der Waals surface area contributed by atoms with E-state index in [0.717, 1.165) is 4.47 Å². The quantitative estimate of drug-likeness (QED) is 0.407. The SMILES string of the molecule is O=C(COc1ccc(Br)cc1Br)N/N=C/c1ccccc1[N+](=O)[O-]. The highest BCUT2D eigenvalue weighted by Crippen LogP contribution is 2.28. The van der Waals surface area contributed by atoms with Gasteiger partial charge in [-0.05, 0) is 40.2 Å². The van der Waals surface area contributed by atoms with Crippen LogP contribution in [0.2, 0.25) is 0 Å². The molecule has 0 radical (unpaired) electrons. The van der Waals surface area contributed by atoms with Crippen molar-refractivity contribution in [2.45, 2.75) is 0 Å². The third kappa shape index (κ3) is 5.14. The number of nitro benzene ring substituents is 1. The number of hydrogen-bond donors (Lipinski definition) is 1. The fourth-order valence-electron chi connectivity index (χ4n) is 1.70. The van der Waals surface area contributed by atoms with Gasteiger partial charge in [0.2, 0.25) is 0 Å². The van der Waals surface area contributed by atoms with Crippen LogP contribution < -0.4 is 10.2 Å². The molecule has 124 valence electrons. The van der Waals surface area contributed by atoms with Crippen molar-refractivity contribution in [1.82, 2.24) is 5.43 Å². The van der Waals surface area contributed by atoms with E-state index in [9.17, 15) is 14.9 Å². The molecule has 0 heterocycles. The van der Waals surface area contributed by atoms with Crippen LogP contribution in [0.4, 0.5) is 5.69 Å². The standard InChI is InChI=1S/C15H11Br2N3O4/c16-11-5-6-14(12(17)7-11)24-9-15(21)19-18-8-10-3-1-2-4-13(10)20(22)23/h1-8H,9H2,(H,19,21)/b18-8+. The van der Waals surface area contributed by atoms with Gasteiger partial charge in [-0.1, -0.05) is 28.1 Å². The van der Waals surface area contributed by atoms with Crippen molar-refractivity contribution in [2.75, 3.05) is 6.61 Å². The molecule has 1 N–H and O–H groups in total. The first kappa shape index (κ1) is 18.1. The number of para-hydroxylation sites is 1. The van der Waals surface area contributed by atoms with Gasteiger partial charge in [-0.15, -0.1) is 0 Å². The summed E-state index contributed by atoms with van der Waals surface area (Å²) >= 11 is 6.64. The zero-order valence-electron chi connectivity index (χ0n) is 12.1. The van der Waals surface area contributed by atoms with Crippen LogP contribution in [0.3, 0.4) is 0 Å². The average Bonchev–Trinajstić information content (AvgIpc) is 2.54. The van der Waals surface area contributed by atoms with Crippen LogP contribution in [0.15, 0.2) is 56.5 Å². The van der Waals surface area contributed by atoms with Gasteiger partial charge in [0.25, 0.3) is 11.6 Å². The van der Waals surface area contributed by atoms with Crippen molar-refractivity contribution >= 4 is 49.7 Å². The molecule has 2 aromatic rings. The highest BCUT2D eigenvalue weighted by Gasteiger charge is 2.10. The predicted molar refractivity (Wildman–Crippen MR) is 96.2 cm³/mol. The van der Waals surface area contributed by atoms with Crippen LogP contribution in [0, 0.1) is 10.1 Å². The second kappa shape index (κ2) is 8.55. The summed E-state index contributed by atoms with van der Waals surface area (Å²) in [5.74, 6) is 0.0238. The largest absolute Gasteiger partial charge is 0.483 e. The zero-order chi connectivity index (χ0) is 17.5. The maximum Gasteiger partial charge on any atom is 0.278 e. The molecule has 0 unspecified atom stereocenters. The number of carbonyl (C=O) groups excluding carboxylic acids is 1. The second-order valence-corrected chi connectivity index (χ2v) is 6.24. The summed E-state index contributed by atoms with van der Waals surface area (Å²) in [6.07, 6.45) is 1.21. The number of amides is 1. The van der Waals surface area contributed by atoms with Gasteiger partial charge < -0.3 is 4.74 Å². The van der Waals surface area contributed by atoms with E-state index in [0.29, 0.717) is 15.8 Å². The summed E-state index contributed by atoms with van der Waals surface area (Å²) in [5.41, 5.74) is 2.46. The van der Waals surface area contributed by atoms with Crippen LogP contribution in [-0.4, -0.2) is 23.7 Å². The number of hydrazone groups is 1. The molecule has 0 atom stereocenters. The van der Waals surface area contributed by atoms with Crippen LogP contribution >= 0.6 is 31.9 Å². The lowest BCUT2D eigenvalue weighted by molar-refractivity contribution is -0.385. The van der Waals surface area contributed by atoms with Crippen LogP contribution in [-0.2, 0) is 4.79 Å². The Labute approximate surface area is 154 Å². The summed E-state index contributed by atoms with van der Waals surface area (Å²) < 4.78 is 6.93. The van der Waals surface area contributed by atoms with Crippen molar-refractivity contribution in [3.8, 4) is 5.75 Å². The van der Waals surface area contributed by atoms with Crippen LogP contribution in [0.1, 0.15) is 5.56 Å². The van der Waals surface area contributed by atoms with Gasteiger partial charge in [0.1, 0.15) is 5.75 Å². The van der Waals surface area contributed by atoms with Crippen LogP contribution in [0.5, 0.6) is 5.75 Å². The van der Waals surface area contributed by atoms with Gasteiger partial charge >= 0.3 is 0 Å². The van der Waals surface area contributed by atoms with E-state index in [1.54, 1.807) is 30.3 Å². The number of rotatable bonds is 6. The second-order valence-electron chi connectivity index (χ2n) is 4.47. The normalized spacial score (nSPS) is 10.6. The molecule has 2 aromatic carbocycles. The molecule has 1 amide bonds. The lowest BCUT2D eigenvalue weighted by atomic mass is 10.2. The summed E-state index contributed by atoms with van der Waals surface area (Å²) in [6, 6.07) is 11.4. The Kier molecular flexibility index (Phi) is 6.44. The molecule has 0 bridgehead atoms. The monoisotopic (exact) mass is 455 g/mol. The van der Waals surface area contributed by atoms with Crippen molar-refractivity contribution in [3.63, 3.8) is 0 Å². The Hall–Kier alpha value is -2.26. The third-order valence-corrected chi connectivity index (χ3v) is 3.89. The maximum atomic E-state index is 11.7. The van der Waals surface area contributed by atoms with Gasteiger partial charge in [0.05, 0.1) is 21.2 Å². The number of hydrogen-bond acceptors (Lipinski definition) is 5. The number of carbonyl (C=O) groups is 1. The molecule has 9 heteroatoms. The van der Waals surface area contributed by atoms with E-state index in [-0.39, 0.29) is 12.3 Å². The molecular formula is C15H11Br2N3O4. The van der Waals surface area contributed by atoms with E-state index < -0.39 is 10.8 Å². The highest BCUT2D eigenvalue weighted by molar-refractivity contribution is 9.11. The molecule has 0 aromatic heterocycles. The van der Waals surface area contributed by atoms with Crippen molar-refractivity contribution in [2.24, 2.45) is 5.10 Å². The van der Waals surface area contributed by atoms with E-state index in [1.807, 2.05) is 0 Å².